The van der Waals surface area contributed by atoms with Gasteiger partial charge in [-0.25, -0.2) is 0 Å². The first kappa shape index (κ1) is 19.0. The quantitative estimate of drug-likeness (QED) is 0.614. The van der Waals surface area contributed by atoms with Crippen LogP contribution in [0.1, 0.15) is 31.4 Å². The molecule has 0 bridgehead atoms. The summed E-state index contributed by atoms with van der Waals surface area (Å²) >= 11 is 0. The van der Waals surface area contributed by atoms with Crippen molar-refractivity contribution in [3.8, 4) is 11.5 Å². The summed E-state index contributed by atoms with van der Waals surface area (Å²) in [6.07, 6.45) is 1.32. The van der Waals surface area contributed by atoms with Crippen LogP contribution >= 0.6 is 0 Å². The topological polar surface area (TPSA) is 93.9 Å². The molecule has 0 aliphatic carbocycles. The molecule has 1 atom stereocenters. The lowest BCUT2D eigenvalue weighted by Crippen LogP contribution is -2.41. The summed E-state index contributed by atoms with van der Waals surface area (Å²) in [5, 5.41) is 14.3. The molecule has 2 heterocycles. The highest BCUT2D eigenvalue weighted by Gasteiger charge is 2.29. The number of piperidine rings is 1. The normalized spacial score (nSPS) is 17.1. The van der Waals surface area contributed by atoms with Crippen LogP contribution in [-0.4, -0.2) is 30.7 Å². The van der Waals surface area contributed by atoms with E-state index >= 15 is 0 Å². The molecular formula is C21H23N3O5. The van der Waals surface area contributed by atoms with Crippen molar-refractivity contribution < 1.29 is 19.2 Å². The largest absolute Gasteiger partial charge is 0.454 e. The van der Waals surface area contributed by atoms with Crippen molar-refractivity contribution in [3.63, 3.8) is 0 Å². The van der Waals surface area contributed by atoms with E-state index in [1.807, 2.05) is 30.0 Å². The number of anilines is 1. The molecule has 1 fully saturated rings. The number of fused-ring (bicyclic) bond motifs is 1. The molecule has 2 aliphatic rings. The molecule has 0 radical (unpaired) electrons. The number of nitro benzene ring substituents is 1. The van der Waals surface area contributed by atoms with Crippen LogP contribution in [0.2, 0.25) is 0 Å². The molecule has 0 spiro atoms. The second-order valence-corrected chi connectivity index (χ2v) is 7.35. The van der Waals surface area contributed by atoms with E-state index in [1.54, 1.807) is 18.2 Å². The fourth-order valence-electron chi connectivity index (χ4n) is 3.87. The molecule has 2 aromatic carbocycles. The van der Waals surface area contributed by atoms with Crippen LogP contribution < -0.4 is 19.7 Å². The van der Waals surface area contributed by atoms with Gasteiger partial charge in [0, 0.05) is 25.1 Å². The van der Waals surface area contributed by atoms with Gasteiger partial charge in [0.15, 0.2) is 11.5 Å². The Bertz CT molecular complexity index is 924. The maximum atomic E-state index is 12.7. The number of nitro groups is 1. The summed E-state index contributed by atoms with van der Waals surface area (Å²) in [6, 6.07) is 12.3. The van der Waals surface area contributed by atoms with Gasteiger partial charge < -0.3 is 19.7 Å². The van der Waals surface area contributed by atoms with Crippen molar-refractivity contribution in [2.75, 3.05) is 24.8 Å². The van der Waals surface area contributed by atoms with Gasteiger partial charge in [0.2, 0.25) is 12.7 Å². The molecule has 1 N–H and O–H groups in total. The second kappa shape index (κ2) is 7.98. The van der Waals surface area contributed by atoms with Crippen molar-refractivity contribution in [1.82, 2.24) is 5.32 Å². The van der Waals surface area contributed by atoms with Gasteiger partial charge in [0.25, 0.3) is 5.69 Å². The van der Waals surface area contributed by atoms with Crippen molar-refractivity contribution in [2.45, 2.75) is 25.8 Å². The monoisotopic (exact) mass is 397 g/mol. The highest BCUT2D eigenvalue weighted by Crippen LogP contribution is 2.35. The third-order valence-electron chi connectivity index (χ3n) is 5.54. The van der Waals surface area contributed by atoms with Gasteiger partial charge in [-0.05, 0) is 43.5 Å². The third-order valence-corrected chi connectivity index (χ3v) is 5.54. The van der Waals surface area contributed by atoms with Crippen LogP contribution in [0.4, 0.5) is 11.4 Å². The zero-order valence-corrected chi connectivity index (χ0v) is 16.2. The highest BCUT2D eigenvalue weighted by atomic mass is 16.7. The van der Waals surface area contributed by atoms with E-state index in [4.69, 9.17) is 9.47 Å². The van der Waals surface area contributed by atoms with E-state index in [-0.39, 0.29) is 35.3 Å². The van der Waals surface area contributed by atoms with Gasteiger partial charge in [-0.1, -0.05) is 18.2 Å². The Balaban J connectivity index is 1.35. The smallest absolute Gasteiger partial charge is 0.292 e. The molecule has 2 aliphatic heterocycles. The van der Waals surface area contributed by atoms with E-state index in [9.17, 15) is 14.9 Å². The van der Waals surface area contributed by atoms with Gasteiger partial charge >= 0.3 is 0 Å². The SMILES string of the molecule is CC(NC(=O)C1CCN(c2ccccc2[N+](=O)[O-])CC1)c1ccc2c(c1)OCO2. The van der Waals surface area contributed by atoms with Crippen LogP contribution in [0.25, 0.3) is 0 Å². The summed E-state index contributed by atoms with van der Waals surface area (Å²) in [5.41, 5.74) is 1.68. The van der Waals surface area contributed by atoms with Crippen LogP contribution in [-0.2, 0) is 4.79 Å². The summed E-state index contributed by atoms with van der Waals surface area (Å²) in [6.45, 7) is 3.39. The van der Waals surface area contributed by atoms with E-state index in [1.165, 1.54) is 6.07 Å². The van der Waals surface area contributed by atoms with Crippen LogP contribution in [0.15, 0.2) is 42.5 Å². The standard InChI is InChI=1S/C21H23N3O5/c1-14(16-6-7-19-20(12-16)29-13-28-19)22-21(25)15-8-10-23(11-9-15)17-4-2-3-5-18(17)24(26)27/h2-7,12,14-15H,8-11,13H2,1H3,(H,22,25). The number of carbonyl (C=O) groups is 1. The fraction of sp³-hybridized carbons (Fsp3) is 0.381. The minimum atomic E-state index is -0.360. The number of nitrogens with zero attached hydrogens (tertiary/aromatic N) is 2. The number of para-hydroxylation sites is 2. The number of benzene rings is 2. The maximum Gasteiger partial charge on any atom is 0.292 e. The molecule has 1 amide bonds. The van der Waals surface area contributed by atoms with Gasteiger partial charge in [-0.3, -0.25) is 14.9 Å². The Morgan fingerprint density at radius 1 is 1.17 bits per heavy atom. The summed E-state index contributed by atoms with van der Waals surface area (Å²) in [7, 11) is 0. The minimum Gasteiger partial charge on any atom is -0.454 e. The second-order valence-electron chi connectivity index (χ2n) is 7.35. The van der Waals surface area contributed by atoms with Crippen LogP contribution in [0.3, 0.4) is 0 Å². The lowest BCUT2D eigenvalue weighted by molar-refractivity contribution is -0.384. The minimum absolute atomic E-state index is 0.0115. The molecule has 1 unspecified atom stereocenters. The maximum absolute atomic E-state index is 12.7. The molecule has 152 valence electrons. The molecule has 8 nitrogen and oxygen atoms in total. The summed E-state index contributed by atoms with van der Waals surface area (Å²) in [5.74, 6) is 1.32. The summed E-state index contributed by atoms with van der Waals surface area (Å²) < 4.78 is 10.7. The average Bonchev–Trinajstić information content (AvgIpc) is 3.21. The number of carbonyl (C=O) groups excluding carboxylic acids is 1. The molecule has 0 saturated carbocycles. The number of ether oxygens (including phenoxy) is 2. The number of hydrogen-bond acceptors (Lipinski definition) is 6. The zero-order valence-electron chi connectivity index (χ0n) is 16.2. The van der Waals surface area contributed by atoms with Crippen LogP contribution in [0.5, 0.6) is 11.5 Å². The average molecular weight is 397 g/mol. The number of hydrogen-bond donors (Lipinski definition) is 1. The molecular weight excluding hydrogens is 374 g/mol. The Hall–Kier alpha value is -3.29. The Morgan fingerprint density at radius 2 is 1.90 bits per heavy atom. The number of nitrogens with one attached hydrogen (secondary N) is 1. The van der Waals surface area contributed by atoms with Gasteiger partial charge in [-0.2, -0.15) is 0 Å². The Kier molecular flexibility index (Phi) is 5.24. The predicted octanol–water partition coefficient (Wildman–Crippen LogP) is 3.42. The highest BCUT2D eigenvalue weighted by molar-refractivity contribution is 5.79. The molecule has 0 aromatic heterocycles. The number of amides is 1. The third kappa shape index (κ3) is 3.96. The van der Waals surface area contributed by atoms with Gasteiger partial charge in [-0.15, -0.1) is 0 Å². The van der Waals surface area contributed by atoms with E-state index < -0.39 is 0 Å². The predicted molar refractivity (Wildman–Crippen MR) is 107 cm³/mol. The summed E-state index contributed by atoms with van der Waals surface area (Å²) in [4.78, 5) is 25.6. The van der Waals surface area contributed by atoms with Gasteiger partial charge in [0.05, 0.1) is 11.0 Å². The van der Waals surface area contributed by atoms with Crippen molar-refractivity contribution >= 4 is 17.3 Å². The zero-order chi connectivity index (χ0) is 20.4. The van der Waals surface area contributed by atoms with Crippen molar-refractivity contribution in [2.24, 2.45) is 5.92 Å². The molecule has 8 heteroatoms. The first-order valence-electron chi connectivity index (χ1n) is 9.71. The molecule has 2 aromatic rings. The van der Waals surface area contributed by atoms with Crippen LogP contribution in [0, 0.1) is 16.0 Å². The molecule has 4 rings (SSSR count). The van der Waals surface area contributed by atoms with Crippen molar-refractivity contribution in [3.05, 3.63) is 58.1 Å². The first-order valence-corrected chi connectivity index (χ1v) is 9.71. The molecule has 1 saturated heterocycles. The van der Waals surface area contributed by atoms with E-state index in [0.29, 0.717) is 37.4 Å². The number of rotatable bonds is 5. The van der Waals surface area contributed by atoms with E-state index in [0.717, 1.165) is 11.3 Å². The lowest BCUT2D eigenvalue weighted by Gasteiger charge is -2.33. The Labute approximate surface area is 168 Å². The first-order chi connectivity index (χ1) is 14.0. The molecule has 29 heavy (non-hydrogen) atoms. The Morgan fingerprint density at radius 3 is 2.66 bits per heavy atom. The van der Waals surface area contributed by atoms with Gasteiger partial charge in [0.1, 0.15) is 5.69 Å². The van der Waals surface area contributed by atoms with E-state index in [2.05, 4.69) is 5.32 Å². The lowest BCUT2D eigenvalue weighted by atomic mass is 9.94. The van der Waals surface area contributed by atoms with Crippen molar-refractivity contribution in [1.29, 1.82) is 0 Å². The fourth-order valence-corrected chi connectivity index (χ4v) is 3.87.